The summed E-state index contributed by atoms with van der Waals surface area (Å²) in [6.45, 7) is 1.88. The number of nitrogens with two attached hydrogens (primary N) is 1. The van der Waals surface area contributed by atoms with Gasteiger partial charge in [0.05, 0.1) is 15.0 Å². The van der Waals surface area contributed by atoms with Crippen molar-refractivity contribution in [3.8, 4) is 17.1 Å². The molecule has 2 aliphatic heterocycles. The zero-order chi connectivity index (χ0) is 23.2. The second-order valence-corrected chi connectivity index (χ2v) is 8.22. The molecule has 12 heteroatoms. The standard InChI is InChI=1S/C20H15Cl3N6O3/c1-2-14-17-19(28(27-14)18-11(22)7-10(21)8-12(18)23)25-16(26-20(17)30)6-9-3-4-13(24)15(5-9)29(31)32/h3-5,7-8,27H,2,6,24H2,1H3. The predicted molar refractivity (Wildman–Crippen MR) is 123 cm³/mol. The van der Waals surface area contributed by atoms with Crippen molar-refractivity contribution >= 4 is 46.2 Å². The first-order chi connectivity index (χ1) is 15.2. The van der Waals surface area contributed by atoms with Crippen molar-refractivity contribution in [3.63, 3.8) is 0 Å². The van der Waals surface area contributed by atoms with E-state index in [0.717, 1.165) is 0 Å². The smallest absolute Gasteiger partial charge is 0.292 e. The summed E-state index contributed by atoms with van der Waals surface area (Å²) in [5.74, 6) is 0.464. The van der Waals surface area contributed by atoms with Gasteiger partial charge in [0.2, 0.25) is 0 Å². The number of benzene rings is 2. The number of hydrogen-bond donors (Lipinski definition) is 2. The lowest BCUT2D eigenvalue weighted by atomic mass is 10.1. The molecule has 0 radical (unpaired) electrons. The van der Waals surface area contributed by atoms with Crippen molar-refractivity contribution < 1.29 is 4.92 Å². The van der Waals surface area contributed by atoms with Crippen LogP contribution in [0, 0.1) is 10.1 Å². The number of anilines is 1. The summed E-state index contributed by atoms with van der Waals surface area (Å²) in [6.07, 6.45) is 0.593. The van der Waals surface area contributed by atoms with Gasteiger partial charge in [0.15, 0.2) is 5.82 Å². The maximum atomic E-state index is 12.9. The van der Waals surface area contributed by atoms with E-state index in [9.17, 15) is 14.9 Å². The number of aromatic nitrogens is 4. The van der Waals surface area contributed by atoms with E-state index in [2.05, 4.69) is 15.1 Å². The molecule has 0 bridgehead atoms. The van der Waals surface area contributed by atoms with Gasteiger partial charge >= 0.3 is 0 Å². The fourth-order valence-electron chi connectivity index (χ4n) is 3.43. The molecule has 0 atom stereocenters. The summed E-state index contributed by atoms with van der Waals surface area (Å²) < 4.78 is 1.52. The molecular weight excluding hydrogens is 479 g/mol. The minimum atomic E-state index is -0.569. The molecular formula is C20H15Cl3N6O3. The maximum Gasteiger partial charge on any atom is 0.292 e. The van der Waals surface area contributed by atoms with E-state index in [4.69, 9.17) is 40.5 Å². The van der Waals surface area contributed by atoms with Crippen molar-refractivity contribution in [3.05, 3.63) is 82.9 Å². The number of aromatic amines is 1. The Labute approximate surface area is 196 Å². The van der Waals surface area contributed by atoms with Crippen LogP contribution < -0.4 is 11.3 Å². The second-order valence-electron chi connectivity index (χ2n) is 6.97. The van der Waals surface area contributed by atoms with E-state index < -0.39 is 10.5 Å². The lowest BCUT2D eigenvalue weighted by molar-refractivity contribution is -0.383. The molecule has 164 valence electrons. The molecule has 0 amide bonds. The molecule has 2 heterocycles. The predicted octanol–water partition coefficient (Wildman–Crippen LogP) is 4.66. The monoisotopic (exact) mass is 492 g/mol. The maximum absolute atomic E-state index is 12.9. The van der Waals surface area contributed by atoms with Gasteiger partial charge in [-0.1, -0.05) is 47.8 Å². The second kappa shape index (κ2) is 8.42. The summed E-state index contributed by atoms with van der Waals surface area (Å²) >= 11 is 18.8. The van der Waals surface area contributed by atoms with E-state index >= 15 is 0 Å². The molecule has 2 aliphatic rings. The molecule has 0 aromatic heterocycles. The average molecular weight is 494 g/mol. The van der Waals surface area contributed by atoms with Crippen LogP contribution in [-0.2, 0) is 12.8 Å². The summed E-state index contributed by atoms with van der Waals surface area (Å²) in [6, 6.07) is 7.45. The average Bonchev–Trinajstić information content (AvgIpc) is 3.07. The highest BCUT2D eigenvalue weighted by Crippen LogP contribution is 2.35. The number of rotatable bonds is 5. The SMILES string of the molecule is CCc1[nH]n(-c2c(Cl)cc(Cl)cc2Cl)c2nc(Cc3ccc(N)c([N+](=O)[O-])c3)nc(=O)c1-2. The van der Waals surface area contributed by atoms with Gasteiger partial charge in [-0.05, 0) is 30.2 Å². The Morgan fingerprint density at radius 1 is 1.16 bits per heavy atom. The Balaban J connectivity index is 1.89. The number of nitrogens with zero attached hydrogens (tertiary/aromatic N) is 4. The third kappa shape index (κ3) is 3.90. The van der Waals surface area contributed by atoms with Crippen molar-refractivity contribution in [1.29, 1.82) is 0 Å². The third-order valence-electron chi connectivity index (χ3n) is 4.88. The van der Waals surface area contributed by atoms with Gasteiger partial charge in [-0.3, -0.25) is 20.0 Å². The van der Waals surface area contributed by atoms with Crippen LogP contribution >= 0.6 is 34.8 Å². The van der Waals surface area contributed by atoms with Gasteiger partial charge in [-0.2, -0.15) is 4.98 Å². The molecule has 3 N–H and O–H groups in total. The number of nitro benzene ring substituents is 1. The van der Waals surface area contributed by atoms with Gasteiger partial charge < -0.3 is 5.73 Å². The van der Waals surface area contributed by atoms with Gasteiger partial charge in [-0.25, -0.2) is 9.67 Å². The number of aryl methyl sites for hydroxylation is 1. The summed E-state index contributed by atoms with van der Waals surface area (Å²) in [7, 11) is 0. The van der Waals surface area contributed by atoms with Gasteiger partial charge in [0.25, 0.3) is 11.2 Å². The van der Waals surface area contributed by atoms with Gasteiger partial charge in [-0.15, -0.1) is 0 Å². The first-order valence-corrected chi connectivity index (χ1v) is 10.5. The number of halogens is 3. The van der Waals surface area contributed by atoms with E-state index in [0.29, 0.717) is 34.0 Å². The fraction of sp³-hybridized carbons (Fsp3) is 0.150. The van der Waals surface area contributed by atoms with E-state index in [1.165, 1.54) is 28.9 Å². The first-order valence-electron chi connectivity index (χ1n) is 9.37. The zero-order valence-corrected chi connectivity index (χ0v) is 18.8. The van der Waals surface area contributed by atoms with Gasteiger partial charge in [0.1, 0.15) is 22.8 Å². The van der Waals surface area contributed by atoms with E-state index in [1.807, 2.05) is 6.92 Å². The highest BCUT2D eigenvalue weighted by Gasteiger charge is 2.25. The van der Waals surface area contributed by atoms with Crippen molar-refractivity contribution in [2.45, 2.75) is 19.8 Å². The van der Waals surface area contributed by atoms with Crippen molar-refractivity contribution in [2.24, 2.45) is 0 Å². The molecule has 0 fully saturated rings. The Morgan fingerprint density at radius 2 is 1.84 bits per heavy atom. The lowest BCUT2D eigenvalue weighted by Gasteiger charge is -2.11. The molecule has 32 heavy (non-hydrogen) atoms. The molecule has 4 rings (SSSR count). The van der Waals surface area contributed by atoms with Gasteiger partial charge in [0, 0.05) is 23.2 Å². The summed E-state index contributed by atoms with van der Waals surface area (Å²) in [4.78, 5) is 32.1. The minimum absolute atomic E-state index is 0.0442. The van der Waals surface area contributed by atoms with Crippen molar-refractivity contribution in [1.82, 2.24) is 19.7 Å². The number of hydrogen-bond acceptors (Lipinski definition) is 6. The molecule has 0 unspecified atom stereocenters. The zero-order valence-electron chi connectivity index (χ0n) is 16.5. The first kappa shape index (κ1) is 22.1. The molecule has 2 aromatic carbocycles. The molecule has 0 aliphatic carbocycles. The molecule has 0 spiro atoms. The Bertz CT molecular complexity index is 1370. The van der Waals surface area contributed by atoms with Crippen molar-refractivity contribution in [2.75, 3.05) is 5.73 Å². The van der Waals surface area contributed by atoms with Crippen LogP contribution in [0.3, 0.4) is 0 Å². The van der Waals surface area contributed by atoms with Crippen LogP contribution in [0.1, 0.15) is 24.0 Å². The Hall–Kier alpha value is -3.14. The minimum Gasteiger partial charge on any atom is -0.393 e. The topological polar surface area (TPSA) is 133 Å². The van der Waals surface area contributed by atoms with Crippen LogP contribution in [0.5, 0.6) is 0 Å². The van der Waals surface area contributed by atoms with Crippen LogP contribution in [-0.4, -0.2) is 24.7 Å². The quantitative estimate of drug-likeness (QED) is 0.236. The van der Waals surface area contributed by atoms with E-state index in [1.54, 1.807) is 6.07 Å². The van der Waals surface area contributed by atoms with Crippen LogP contribution in [0.25, 0.3) is 17.1 Å². The van der Waals surface area contributed by atoms with Crippen LogP contribution in [0.4, 0.5) is 11.4 Å². The molecule has 0 saturated carbocycles. The van der Waals surface area contributed by atoms with Crippen LogP contribution in [0.15, 0.2) is 35.1 Å². The number of H-pyrrole nitrogens is 1. The summed E-state index contributed by atoms with van der Waals surface area (Å²) in [5, 5.41) is 15.2. The lowest BCUT2D eigenvalue weighted by Crippen LogP contribution is -2.17. The Kier molecular flexibility index (Phi) is 5.81. The highest BCUT2D eigenvalue weighted by atomic mass is 35.5. The summed E-state index contributed by atoms with van der Waals surface area (Å²) in [5.41, 5.74) is 6.83. The largest absolute Gasteiger partial charge is 0.393 e. The Morgan fingerprint density at radius 3 is 2.47 bits per heavy atom. The number of nitro groups is 1. The molecule has 2 aromatic rings. The molecule has 9 nitrogen and oxygen atoms in total. The molecule has 0 saturated heterocycles. The normalized spacial score (nSPS) is 11.2. The number of fused-ring (bicyclic) bond motifs is 1. The fourth-order valence-corrected chi connectivity index (χ4v) is 4.41. The van der Waals surface area contributed by atoms with E-state index in [-0.39, 0.29) is 39.5 Å². The number of nitrogen functional groups attached to an aromatic ring is 1. The number of nitrogens with one attached hydrogen (secondary N) is 1. The third-order valence-corrected chi connectivity index (χ3v) is 5.67. The highest BCUT2D eigenvalue weighted by molar-refractivity contribution is 6.40. The van der Waals surface area contributed by atoms with Crippen LogP contribution in [0.2, 0.25) is 15.1 Å².